The van der Waals surface area contributed by atoms with Crippen LogP contribution in [0.5, 0.6) is 0 Å². The molecular formula is C24H24FN5O5. The van der Waals surface area contributed by atoms with Gasteiger partial charge in [-0.15, -0.1) is 0 Å². The summed E-state index contributed by atoms with van der Waals surface area (Å²) >= 11 is 0. The van der Waals surface area contributed by atoms with Gasteiger partial charge < -0.3 is 24.8 Å². The van der Waals surface area contributed by atoms with E-state index < -0.39 is 23.8 Å². The number of imidazole rings is 1. The summed E-state index contributed by atoms with van der Waals surface area (Å²) < 4.78 is 19.8. The van der Waals surface area contributed by atoms with Crippen LogP contribution in [0.2, 0.25) is 0 Å². The highest BCUT2D eigenvalue weighted by Crippen LogP contribution is 2.28. The highest BCUT2D eigenvalue weighted by atomic mass is 19.1. The molecule has 1 aliphatic heterocycles. The maximum absolute atomic E-state index is 13.4. The number of aromatic nitrogens is 2. The molecule has 1 saturated heterocycles. The van der Waals surface area contributed by atoms with Crippen molar-refractivity contribution in [3.05, 3.63) is 59.7 Å². The van der Waals surface area contributed by atoms with Gasteiger partial charge in [-0.1, -0.05) is 12.1 Å². The number of nitrogens with zero attached hydrogens (tertiary/aromatic N) is 3. The van der Waals surface area contributed by atoms with Crippen LogP contribution in [0.25, 0.3) is 11.0 Å². The second-order valence-electron chi connectivity index (χ2n) is 8.16. The molecule has 0 aliphatic carbocycles. The second-order valence-corrected chi connectivity index (χ2v) is 8.16. The fourth-order valence-corrected chi connectivity index (χ4v) is 4.09. The van der Waals surface area contributed by atoms with E-state index in [1.165, 1.54) is 37.1 Å². The summed E-state index contributed by atoms with van der Waals surface area (Å²) in [5, 5.41) is 5.40. The standard InChI is InChI=1S/C24H24FN5O5/c1-14(31)28-19-10-16(24(34)30-8-7-26-23(33)20(30)11-21(32)35-2)9-18-22(19)29(13-27-18)12-15-3-5-17(25)6-4-15/h3-6,9-10,13,20H,7-8,11-12H2,1-2H3,(H,26,33)(H,28,31). The largest absolute Gasteiger partial charge is 0.469 e. The lowest BCUT2D eigenvalue weighted by Gasteiger charge is -2.34. The van der Waals surface area contributed by atoms with Gasteiger partial charge in [-0.25, -0.2) is 9.37 Å². The number of ether oxygens (including phenoxy) is 1. The van der Waals surface area contributed by atoms with Crippen molar-refractivity contribution >= 4 is 40.4 Å². The minimum atomic E-state index is -1.01. The van der Waals surface area contributed by atoms with Crippen LogP contribution < -0.4 is 10.6 Å². The summed E-state index contributed by atoms with van der Waals surface area (Å²) in [5.74, 6) is -2.22. The van der Waals surface area contributed by atoms with Crippen LogP contribution in [0.4, 0.5) is 10.1 Å². The predicted molar refractivity (Wildman–Crippen MR) is 124 cm³/mol. The topological polar surface area (TPSA) is 123 Å². The number of amides is 3. The zero-order valence-corrected chi connectivity index (χ0v) is 19.2. The highest BCUT2D eigenvalue weighted by Gasteiger charge is 2.35. The number of carbonyl (C=O) groups excluding carboxylic acids is 4. The lowest BCUT2D eigenvalue weighted by atomic mass is 10.1. The summed E-state index contributed by atoms with van der Waals surface area (Å²) in [7, 11) is 1.21. The van der Waals surface area contributed by atoms with Gasteiger partial charge in [0.25, 0.3) is 5.91 Å². The average molecular weight is 481 g/mol. The first-order valence-corrected chi connectivity index (χ1v) is 10.9. The summed E-state index contributed by atoms with van der Waals surface area (Å²) in [6.07, 6.45) is 1.29. The van der Waals surface area contributed by atoms with Crippen LogP contribution in [0, 0.1) is 5.82 Å². The molecule has 1 unspecified atom stereocenters. The van der Waals surface area contributed by atoms with E-state index in [-0.39, 0.29) is 36.8 Å². The smallest absolute Gasteiger partial charge is 0.308 e. The molecule has 0 bridgehead atoms. The van der Waals surface area contributed by atoms with Crippen molar-refractivity contribution in [2.24, 2.45) is 0 Å². The number of rotatable bonds is 6. The Hall–Kier alpha value is -4.28. The molecule has 11 heteroatoms. The Morgan fingerprint density at radius 3 is 2.66 bits per heavy atom. The van der Waals surface area contributed by atoms with Gasteiger partial charge in [-0.2, -0.15) is 0 Å². The van der Waals surface area contributed by atoms with Crippen molar-refractivity contribution in [3.8, 4) is 0 Å². The van der Waals surface area contributed by atoms with Crippen molar-refractivity contribution in [1.82, 2.24) is 19.8 Å². The van der Waals surface area contributed by atoms with E-state index in [1.54, 1.807) is 29.1 Å². The van der Waals surface area contributed by atoms with Gasteiger partial charge in [0.2, 0.25) is 11.8 Å². The number of carbonyl (C=O) groups is 4. The molecule has 2 heterocycles. The molecule has 0 saturated carbocycles. The van der Waals surface area contributed by atoms with Gasteiger partial charge >= 0.3 is 5.97 Å². The van der Waals surface area contributed by atoms with Crippen LogP contribution in [0.3, 0.4) is 0 Å². The van der Waals surface area contributed by atoms with Gasteiger partial charge in [0.1, 0.15) is 11.9 Å². The molecule has 2 aromatic carbocycles. The van der Waals surface area contributed by atoms with E-state index in [4.69, 9.17) is 0 Å². The SMILES string of the molecule is COC(=O)CC1C(=O)NCCN1C(=O)c1cc(NC(C)=O)c2c(c1)ncn2Cc1ccc(F)cc1. The zero-order chi connectivity index (χ0) is 25.1. The summed E-state index contributed by atoms with van der Waals surface area (Å²) in [6.45, 7) is 2.17. The van der Waals surface area contributed by atoms with Gasteiger partial charge in [0.05, 0.1) is 36.6 Å². The minimum Gasteiger partial charge on any atom is -0.469 e. The number of hydrogen-bond acceptors (Lipinski definition) is 6. The van der Waals surface area contributed by atoms with E-state index in [1.807, 2.05) is 0 Å². The molecule has 0 spiro atoms. The number of esters is 1. The summed E-state index contributed by atoms with van der Waals surface area (Å²) in [6, 6.07) is 8.11. The molecule has 4 rings (SSSR count). The maximum atomic E-state index is 13.4. The molecule has 182 valence electrons. The fourth-order valence-electron chi connectivity index (χ4n) is 4.09. The first kappa shape index (κ1) is 23.9. The van der Waals surface area contributed by atoms with Gasteiger partial charge in [-0.3, -0.25) is 19.2 Å². The second kappa shape index (κ2) is 9.92. The predicted octanol–water partition coefficient (Wildman–Crippen LogP) is 1.69. The lowest BCUT2D eigenvalue weighted by Crippen LogP contribution is -2.57. The van der Waals surface area contributed by atoms with E-state index in [2.05, 4.69) is 20.4 Å². The molecule has 1 atom stereocenters. The number of nitrogens with one attached hydrogen (secondary N) is 2. The number of halogens is 1. The molecule has 3 aromatic rings. The van der Waals surface area contributed by atoms with Gasteiger partial charge in [0, 0.05) is 32.1 Å². The van der Waals surface area contributed by atoms with Crippen molar-refractivity contribution in [1.29, 1.82) is 0 Å². The molecule has 1 aromatic heterocycles. The van der Waals surface area contributed by atoms with E-state index in [9.17, 15) is 23.6 Å². The first-order valence-electron chi connectivity index (χ1n) is 10.9. The van der Waals surface area contributed by atoms with Crippen LogP contribution in [0.15, 0.2) is 42.7 Å². The summed E-state index contributed by atoms with van der Waals surface area (Å²) in [5.41, 5.74) is 2.43. The van der Waals surface area contributed by atoms with Crippen molar-refractivity contribution < 1.29 is 28.3 Å². The number of methoxy groups -OCH3 is 1. The maximum Gasteiger partial charge on any atom is 0.308 e. The first-order chi connectivity index (χ1) is 16.8. The molecule has 1 aliphatic rings. The summed E-state index contributed by atoms with van der Waals surface area (Å²) in [4.78, 5) is 55.3. The van der Waals surface area contributed by atoms with Crippen LogP contribution in [0.1, 0.15) is 29.3 Å². The third-order valence-electron chi connectivity index (χ3n) is 5.72. The van der Waals surface area contributed by atoms with Crippen LogP contribution in [-0.4, -0.2) is 64.4 Å². The molecule has 3 amide bonds. The average Bonchev–Trinajstić information content (AvgIpc) is 3.23. The third-order valence-corrected chi connectivity index (χ3v) is 5.72. The molecule has 10 nitrogen and oxygen atoms in total. The molecule has 1 fully saturated rings. The van der Waals surface area contributed by atoms with E-state index >= 15 is 0 Å². The Labute approximate surface area is 200 Å². The number of hydrogen-bond donors (Lipinski definition) is 2. The Bertz CT molecular complexity index is 1300. The van der Waals surface area contributed by atoms with Gasteiger partial charge in [-0.05, 0) is 29.8 Å². The number of fused-ring (bicyclic) bond motifs is 1. The Morgan fingerprint density at radius 1 is 1.23 bits per heavy atom. The monoisotopic (exact) mass is 481 g/mol. The minimum absolute atomic E-state index is 0.206. The quantitative estimate of drug-likeness (QED) is 0.517. The Kier molecular flexibility index (Phi) is 6.76. The molecule has 2 N–H and O–H groups in total. The number of anilines is 1. The van der Waals surface area contributed by atoms with E-state index in [0.717, 1.165) is 5.56 Å². The van der Waals surface area contributed by atoms with Crippen LogP contribution in [-0.2, 0) is 25.7 Å². The Morgan fingerprint density at radius 2 is 1.97 bits per heavy atom. The van der Waals surface area contributed by atoms with Crippen molar-refractivity contribution in [3.63, 3.8) is 0 Å². The highest BCUT2D eigenvalue weighted by molar-refractivity contribution is 6.06. The zero-order valence-electron chi connectivity index (χ0n) is 19.2. The van der Waals surface area contributed by atoms with Crippen molar-refractivity contribution in [2.45, 2.75) is 25.9 Å². The fraction of sp³-hybridized carbons (Fsp3) is 0.292. The normalized spacial score (nSPS) is 15.6. The molecule has 0 radical (unpaired) electrons. The lowest BCUT2D eigenvalue weighted by molar-refractivity contribution is -0.145. The number of benzene rings is 2. The molecular weight excluding hydrogens is 457 g/mol. The molecule has 35 heavy (non-hydrogen) atoms. The number of piperazine rings is 1. The van der Waals surface area contributed by atoms with Crippen LogP contribution >= 0.6 is 0 Å². The Balaban J connectivity index is 1.71. The third kappa shape index (κ3) is 5.13. The van der Waals surface area contributed by atoms with Gasteiger partial charge in [0.15, 0.2) is 0 Å². The van der Waals surface area contributed by atoms with Crippen molar-refractivity contribution in [2.75, 3.05) is 25.5 Å². The van der Waals surface area contributed by atoms with E-state index in [0.29, 0.717) is 23.3 Å².